The Hall–Kier alpha value is -2.11. The number of nitrogens with one attached hydrogen (secondary N) is 3. The maximum Gasteiger partial charge on any atom is 0.488 e. The van der Waals surface area contributed by atoms with Crippen molar-refractivity contribution in [1.82, 2.24) is 20.2 Å². The van der Waals surface area contributed by atoms with Gasteiger partial charge in [0.25, 0.3) is 11.5 Å². The molecular weight excluding hydrogens is 820 g/mol. The number of aromatic nitrogens is 2. The minimum absolute atomic E-state index is 0.00117. The molecule has 3 rings (SSSR count). The first kappa shape index (κ1) is 46.3. The van der Waals surface area contributed by atoms with Gasteiger partial charge in [0.2, 0.25) is 5.91 Å². The van der Waals surface area contributed by atoms with E-state index in [1.54, 1.807) is 0 Å². The molecule has 2 amide bonds. The Morgan fingerprint density at radius 3 is 2.46 bits per heavy atom. The summed E-state index contributed by atoms with van der Waals surface area (Å²) in [5, 5.41) is 23.9. The van der Waals surface area contributed by atoms with Crippen molar-refractivity contribution in [2.75, 3.05) is 25.6 Å². The number of ether oxygens (including phenoxy) is 2. The van der Waals surface area contributed by atoms with Gasteiger partial charge >= 0.3 is 36.7 Å². The van der Waals surface area contributed by atoms with Crippen LogP contribution < -0.4 is 27.3 Å². The quantitative estimate of drug-likeness (QED) is 0.0265. The number of rotatable bonds is 22. The summed E-state index contributed by atoms with van der Waals surface area (Å²) in [6.07, 6.45) is -0.505. The van der Waals surface area contributed by atoms with Crippen LogP contribution in [0.3, 0.4) is 0 Å². The third kappa shape index (κ3) is 15.8. The Morgan fingerprint density at radius 1 is 1.13 bits per heavy atom. The number of nitrogens with zero attached hydrogens (tertiary/aromatic N) is 1. The molecule has 0 bridgehead atoms. The predicted molar refractivity (Wildman–Crippen MR) is 198 cm³/mol. The van der Waals surface area contributed by atoms with Crippen LogP contribution in [0.1, 0.15) is 61.7 Å². The number of carbonyl (C=O) groups is 2. The van der Waals surface area contributed by atoms with E-state index < -0.39 is 72.1 Å². The molecule has 3 unspecified atom stereocenters. The van der Waals surface area contributed by atoms with E-state index in [4.69, 9.17) is 28.9 Å². The first-order valence-electron chi connectivity index (χ1n) is 16.0. The summed E-state index contributed by atoms with van der Waals surface area (Å²) in [5.41, 5.74) is -0.583. The van der Waals surface area contributed by atoms with Gasteiger partial charge in [-0.15, -0.1) is 0 Å². The van der Waals surface area contributed by atoms with Crippen LogP contribution >= 0.6 is 45.5 Å². The van der Waals surface area contributed by atoms with Gasteiger partial charge in [-0.3, -0.25) is 33.0 Å². The summed E-state index contributed by atoms with van der Waals surface area (Å²) in [6.45, 7) is 5.12. The summed E-state index contributed by atoms with van der Waals surface area (Å²) < 4.78 is 59.7. The van der Waals surface area contributed by atoms with Gasteiger partial charge in [-0.1, -0.05) is 33.7 Å². The first-order chi connectivity index (χ1) is 25.2. The number of benzene rings is 1. The van der Waals surface area contributed by atoms with Crippen LogP contribution in [-0.4, -0.2) is 95.8 Å². The molecule has 0 saturated carbocycles. The van der Waals surface area contributed by atoms with Crippen LogP contribution in [0.25, 0.3) is 0 Å². The largest absolute Gasteiger partial charge is 0.488 e. The molecule has 8 N–H and O–H groups in total. The maximum absolute atomic E-state index is 12.5. The summed E-state index contributed by atoms with van der Waals surface area (Å²) in [4.78, 5) is 79.2. The highest BCUT2D eigenvalue weighted by molar-refractivity contribution is 8.77. The Balaban J connectivity index is 1.45. The second kappa shape index (κ2) is 20.9. The van der Waals surface area contributed by atoms with Crippen LogP contribution in [0.4, 0.5) is 0 Å². The first-order valence-corrected chi connectivity index (χ1v) is 22.6. The van der Waals surface area contributed by atoms with E-state index in [1.165, 1.54) is 59.0 Å². The molecule has 1 saturated heterocycles. The number of hydrogen-bond donors (Lipinski definition) is 8. The van der Waals surface area contributed by atoms with Crippen molar-refractivity contribution in [1.29, 1.82) is 0 Å². The summed E-state index contributed by atoms with van der Waals surface area (Å²) >= 11 is 0. The zero-order valence-corrected chi connectivity index (χ0v) is 33.6. The number of phosphoric acid groups is 2. The molecule has 302 valence electrons. The van der Waals surface area contributed by atoms with Crippen LogP contribution in [-0.2, 0) is 41.1 Å². The lowest BCUT2D eigenvalue weighted by Gasteiger charge is -2.24. The van der Waals surface area contributed by atoms with Gasteiger partial charge in [0.05, 0.1) is 12.7 Å². The monoisotopic (exact) mass is 862 g/mol. The van der Waals surface area contributed by atoms with Crippen molar-refractivity contribution in [3.63, 3.8) is 0 Å². The van der Waals surface area contributed by atoms with E-state index >= 15 is 0 Å². The molecule has 1 aromatic carbocycles. The van der Waals surface area contributed by atoms with E-state index in [0.717, 1.165) is 4.57 Å². The minimum Gasteiger partial charge on any atom is -0.423 e. The number of H-pyrrole nitrogens is 1. The minimum atomic E-state index is -5.46. The average molecular weight is 863 g/mol. The summed E-state index contributed by atoms with van der Waals surface area (Å²) in [5.74, 6) is -0.482. The molecule has 0 aliphatic carbocycles. The van der Waals surface area contributed by atoms with Crippen molar-refractivity contribution in [2.45, 2.75) is 69.6 Å². The highest BCUT2D eigenvalue weighted by Crippen LogP contribution is 2.63. The Bertz CT molecular complexity index is 1830. The van der Waals surface area contributed by atoms with Gasteiger partial charge in [-0.05, 0) is 51.2 Å². The number of carbonyl (C=O) groups excluding carboxylic acids is 2. The fourth-order valence-electron chi connectivity index (χ4n) is 4.68. The Kier molecular flexibility index (Phi) is 17.9. The summed E-state index contributed by atoms with van der Waals surface area (Å²) in [7, 11) is -13.8. The molecule has 2 heterocycles. The molecule has 0 radical (unpaired) electrons. The molecule has 1 aliphatic rings. The molecule has 1 aliphatic heterocycles. The number of aromatic amines is 1. The lowest BCUT2D eigenvalue weighted by molar-refractivity contribution is -0.121. The SMILES string of the molecule is Cc1cn([C@H]2C[C@@H](OCSSC(C)(C)CNC(=O)CCCCNC(=O)c3ccc(B(O)O)cc3)[C@@H](COP(=O)(O)OP(=O)(O)O[PH](=O)O)O2)c(=O)[nH]c1=O. The lowest BCUT2D eigenvalue weighted by Crippen LogP contribution is -2.36. The van der Waals surface area contributed by atoms with E-state index in [2.05, 4.69) is 24.2 Å². The molecule has 1 fully saturated rings. The van der Waals surface area contributed by atoms with Gasteiger partial charge < -0.3 is 44.8 Å². The Labute approximate surface area is 317 Å². The van der Waals surface area contributed by atoms with Crippen molar-refractivity contribution in [2.24, 2.45) is 0 Å². The second-order valence-corrected chi connectivity index (χ2v) is 19.3. The van der Waals surface area contributed by atoms with Gasteiger partial charge in [-0.25, -0.2) is 18.2 Å². The van der Waals surface area contributed by atoms with Gasteiger partial charge in [0.15, 0.2) is 0 Å². The van der Waals surface area contributed by atoms with Crippen LogP contribution in [0.15, 0.2) is 40.1 Å². The maximum atomic E-state index is 12.5. The highest BCUT2D eigenvalue weighted by atomic mass is 33.1. The standard InChI is InChI=1S/C27H42BN4O17P3S2/c1-17-13-32(26(36)31-24(17)34)23-12-20(21(47-23)14-46-51(41,42)49-52(43,44)48-50(39)40)45-16-53-54-27(2,3)15-30-22(33)6-4-5-11-29-25(35)18-7-9-19(10-8-18)28(37)38/h7-10,13,20-21,23,37-38,50H,4-6,11-12,14-16H2,1-3H3,(H,29,35)(H,30,33)(H,39,40)(H,41,42)(H,43,44)(H,31,34,36)/t20-,21-,23-/m1/s1. The van der Waals surface area contributed by atoms with Gasteiger partial charge in [0.1, 0.15) is 18.3 Å². The van der Waals surface area contributed by atoms with Gasteiger partial charge in [0, 0.05) is 48.0 Å². The molecular formula is C27H42BN4O17P3S2. The number of phosphoric ester groups is 1. The summed E-state index contributed by atoms with van der Waals surface area (Å²) in [6, 6.07) is 5.84. The molecule has 1 aromatic heterocycles. The second-order valence-electron chi connectivity index (χ2n) is 12.3. The van der Waals surface area contributed by atoms with Crippen LogP contribution in [0.5, 0.6) is 0 Å². The van der Waals surface area contributed by atoms with Crippen molar-refractivity contribution >= 4 is 69.9 Å². The molecule has 0 spiro atoms. The zero-order valence-electron chi connectivity index (χ0n) is 29.1. The van der Waals surface area contributed by atoms with Crippen molar-refractivity contribution in [3.8, 4) is 0 Å². The molecule has 54 heavy (non-hydrogen) atoms. The van der Waals surface area contributed by atoms with Gasteiger partial charge in [-0.2, -0.15) is 4.31 Å². The Morgan fingerprint density at radius 2 is 1.81 bits per heavy atom. The molecule has 21 nitrogen and oxygen atoms in total. The smallest absolute Gasteiger partial charge is 0.423 e. The fraction of sp³-hybridized carbons (Fsp3) is 0.556. The van der Waals surface area contributed by atoms with Crippen molar-refractivity contribution in [3.05, 3.63) is 62.4 Å². The van der Waals surface area contributed by atoms with E-state index in [-0.39, 0.29) is 41.6 Å². The fourth-order valence-corrected chi connectivity index (χ4v) is 9.65. The zero-order chi connectivity index (χ0) is 40.3. The highest BCUT2D eigenvalue weighted by Gasteiger charge is 2.42. The molecule has 6 atom stereocenters. The average Bonchev–Trinajstić information content (AvgIpc) is 3.47. The van der Waals surface area contributed by atoms with Crippen LogP contribution in [0, 0.1) is 6.92 Å². The third-order valence-corrected chi connectivity index (χ3v) is 14.0. The molecule has 2 aromatic rings. The number of amides is 2. The van der Waals surface area contributed by atoms with E-state index in [1.807, 2.05) is 13.8 Å². The normalized spacial score (nSPS) is 20.1. The third-order valence-electron chi connectivity index (χ3n) is 7.35. The van der Waals surface area contributed by atoms with Crippen LogP contribution in [0.2, 0.25) is 0 Å². The van der Waals surface area contributed by atoms with Crippen molar-refractivity contribution < 1.29 is 70.6 Å². The van der Waals surface area contributed by atoms with E-state index in [0.29, 0.717) is 31.5 Å². The van der Waals surface area contributed by atoms with E-state index in [9.17, 15) is 42.7 Å². The number of aryl methyl sites for hydroxylation is 1. The molecule has 27 heteroatoms. The topological polar surface area (TPSA) is 312 Å². The lowest BCUT2D eigenvalue weighted by atomic mass is 9.80. The predicted octanol–water partition coefficient (Wildman–Crippen LogP) is 0.664. The number of hydrogen-bond acceptors (Lipinski definition) is 16. The number of unbranched alkanes of at least 4 members (excludes halogenated alkanes) is 1.